The number of aliphatic imine (C=N–C) groups is 1. The number of amides is 3. The summed E-state index contributed by atoms with van der Waals surface area (Å²) in [6.07, 6.45) is 1.53. The Hall–Kier alpha value is -1.43. The number of carbonyl (C=O) groups is 2. The SMILES string of the molecule is CC=NC(=O)NCCC(=O)NN. The average molecular weight is 172 g/mol. The van der Waals surface area contributed by atoms with Crippen molar-refractivity contribution < 1.29 is 9.59 Å². The number of hydrogen-bond acceptors (Lipinski definition) is 3. The normalized spacial score (nSPS) is 9.83. The molecule has 0 aromatic carbocycles. The zero-order valence-electron chi connectivity index (χ0n) is 6.83. The van der Waals surface area contributed by atoms with E-state index in [9.17, 15) is 9.59 Å². The molecule has 0 aliphatic heterocycles. The lowest BCUT2D eigenvalue weighted by molar-refractivity contribution is -0.121. The van der Waals surface area contributed by atoms with Gasteiger partial charge in [-0.15, -0.1) is 0 Å². The van der Waals surface area contributed by atoms with Gasteiger partial charge in [-0.1, -0.05) is 0 Å². The summed E-state index contributed by atoms with van der Waals surface area (Å²) in [5, 5.41) is 2.40. The van der Waals surface area contributed by atoms with Gasteiger partial charge in [-0.3, -0.25) is 10.2 Å². The van der Waals surface area contributed by atoms with Crippen LogP contribution >= 0.6 is 0 Å². The van der Waals surface area contributed by atoms with Gasteiger partial charge in [0.25, 0.3) is 0 Å². The Morgan fingerprint density at radius 1 is 1.58 bits per heavy atom. The van der Waals surface area contributed by atoms with Crippen molar-refractivity contribution in [3.05, 3.63) is 0 Å². The maximum Gasteiger partial charge on any atom is 0.340 e. The van der Waals surface area contributed by atoms with Crippen molar-refractivity contribution in [2.45, 2.75) is 13.3 Å². The van der Waals surface area contributed by atoms with Gasteiger partial charge in [0.2, 0.25) is 5.91 Å². The molecule has 0 atom stereocenters. The first kappa shape index (κ1) is 10.6. The Morgan fingerprint density at radius 3 is 2.75 bits per heavy atom. The van der Waals surface area contributed by atoms with E-state index in [0.717, 1.165) is 0 Å². The quantitative estimate of drug-likeness (QED) is 0.224. The molecule has 0 spiro atoms. The molecule has 0 rings (SSSR count). The second-order valence-corrected chi connectivity index (χ2v) is 1.94. The summed E-state index contributed by atoms with van der Waals surface area (Å²) in [6.45, 7) is 1.87. The van der Waals surface area contributed by atoms with E-state index in [-0.39, 0.29) is 18.9 Å². The molecule has 0 saturated heterocycles. The molecule has 12 heavy (non-hydrogen) atoms. The molecule has 4 N–H and O–H groups in total. The largest absolute Gasteiger partial charge is 0.340 e. The summed E-state index contributed by atoms with van der Waals surface area (Å²) in [7, 11) is 0. The molecule has 6 heteroatoms. The van der Waals surface area contributed by atoms with Crippen LogP contribution in [-0.2, 0) is 4.79 Å². The van der Waals surface area contributed by atoms with Gasteiger partial charge in [-0.25, -0.2) is 15.6 Å². The molecule has 0 aromatic heterocycles. The first-order valence-corrected chi connectivity index (χ1v) is 3.46. The van der Waals surface area contributed by atoms with Gasteiger partial charge in [-0.05, 0) is 6.92 Å². The van der Waals surface area contributed by atoms with Crippen LogP contribution in [0.4, 0.5) is 4.79 Å². The third kappa shape index (κ3) is 5.36. The molecular formula is C6H12N4O2. The molecule has 0 aliphatic rings. The molecule has 0 radical (unpaired) electrons. The van der Waals surface area contributed by atoms with Crippen LogP contribution in [0.25, 0.3) is 0 Å². The Morgan fingerprint density at radius 2 is 2.25 bits per heavy atom. The Kier molecular flexibility index (Phi) is 5.54. The van der Waals surface area contributed by atoms with Gasteiger partial charge in [0, 0.05) is 19.2 Å². The summed E-state index contributed by atoms with van der Waals surface area (Å²) >= 11 is 0. The minimum Gasteiger partial charge on any atom is -0.336 e. The van der Waals surface area contributed by atoms with Crippen LogP contribution in [0.2, 0.25) is 0 Å². The molecule has 0 aliphatic carbocycles. The molecule has 6 nitrogen and oxygen atoms in total. The monoisotopic (exact) mass is 172 g/mol. The van der Waals surface area contributed by atoms with Crippen molar-refractivity contribution in [2.75, 3.05) is 6.54 Å². The minimum absolute atomic E-state index is 0.154. The number of nitrogens with two attached hydrogens (primary N) is 1. The smallest absolute Gasteiger partial charge is 0.336 e. The molecule has 68 valence electrons. The lowest BCUT2D eigenvalue weighted by atomic mass is 10.4. The van der Waals surface area contributed by atoms with Crippen LogP contribution in [0.3, 0.4) is 0 Å². The van der Waals surface area contributed by atoms with Crippen molar-refractivity contribution in [1.82, 2.24) is 10.7 Å². The Bertz CT molecular complexity index is 190. The van der Waals surface area contributed by atoms with Crippen molar-refractivity contribution in [3.63, 3.8) is 0 Å². The van der Waals surface area contributed by atoms with E-state index in [1.165, 1.54) is 6.21 Å². The third-order valence-electron chi connectivity index (χ3n) is 1.04. The highest BCUT2D eigenvalue weighted by Gasteiger charge is 1.99. The van der Waals surface area contributed by atoms with Gasteiger partial charge in [0.1, 0.15) is 0 Å². The van der Waals surface area contributed by atoms with Gasteiger partial charge >= 0.3 is 6.03 Å². The van der Waals surface area contributed by atoms with Crippen LogP contribution in [0.15, 0.2) is 4.99 Å². The zero-order chi connectivity index (χ0) is 9.40. The topological polar surface area (TPSA) is 96.6 Å². The molecule has 0 bridgehead atoms. The molecule has 3 amide bonds. The van der Waals surface area contributed by atoms with E-state index < -0.39 is 6.03 Å². The fourth-order valence-corrected chi connectivity index (χ4v) is 0.518. The van der Waals surface area contributed by atoms with Gasteiger partial charge < -0.3 is 5.32 Å². The predicted octanol–water partition coefficient (Wildman–Crippen LogP) is -0.833. The van der Waals surface area contributed by atoms with Crippen molar-refractivity contribution >= 4 is 18.2 Å². The standard InChI is InChI=1S/C6H12N4O2/c1-2-8-6(12)9-4-3-5(11)10-7/h2H,3-4,7H2,1H3,(H,9,12)(H,10,11). The first-order valence-electron chi connectivity index (χ1n) is 3.46. The fraction of sp³-hybridized carbons (Fsp3) is 0.500. The average Bonchev–Trinajstić information content (AvgIpc) is 2.04. The summed E-state index contributed by atoms with van der Waals surface area (Å²) in [5.74, 6) is 4.48. The van der Waals surface area contributed by atoms with Gasteiger partial charge in [0.15, 0.2) is 0 Å². The number of nitrogens with one attached hydrogen (secondary N) is 2. The van der Waals surface area contributed by atoms with Crippen LogP contribution in [0.1, 0.15) is 13.3 Å². The van der Waals surface area contributed by atoms with E-state index in [0.29, 0.717) is 0 Å². The highest BCUT2D eigenvalue weighted by molar-refractivity contribution is 5.83. The van der Waals surface area contributed by atoms with Crippen molar-refractivity contribution in [2.24, 2.45) is 10.8 Å². The van der Waals surface area contributed by atoms with E-state index in [1.54, 1.807) is 6.92 Å². The first-order chi connectivity index (χ1) is 5.70. The predicted molar refractivity (Wildman–Crippen MR) is 44.5 cm³/mol. The number of hydrogen-bond donors (Lipinski definition) is 3. The van der Waals surface area contributed by atoms with Gasteiger partial charge in [0.05, 0.1) is 0 Å². The Labute approximate surface area is 70.2 Å². The van der Waals surface area contributed by atoms with Crippen LogP contribution < -0.4 is 16.6 Å². The number of rotatable bonds is 3. The molecule has 0 aromatic rings. The van der Waals surface area contributed by atoms with Crippen LogP contribution in [0.5, 0.6) is 0 Å². The van der Waals surface area contributed by atoms with E-state index in [2.05, 4.69) is 10.3 Å². The molecule has 0 saturated carbocycles. The molecule has 0 unspecified atom stereocenters. The lowest BCUT2D eigenvalue weighted by Gasteiger charge is -1.99. The Balaban J connectivity index is 3.43. The zero-order valence-corrected chi connectivity index (χ0v) is 6.83. The highest BCUT2D eigenvalue weighted by atomic mass is 16.2. The minimum atomic E-state index is -0.456. The second kappa shape index (κ2) is 6.29. The van der Waals surface area contributed by atoms with Crippen molar-refractivity contribution in [1.29, 1.82) is 0 Å². The number of urea groups is 1. The fourth-order valence-electron chi connectivity index (χ4n) is 0.518. The molecule has 0 fully saturated rings. The maximum absolute atomic E-state index is 10.6. The second-order valence-electron chi connectivity index (χ2n) is 1.94. The third-order valence-corrected chi connectivity index (χ3v) is 1.04. The summed E-state index contributed by atoms with van der Waals surface area (Å²) in [6, 6.07) is -0.456. The van der Waals surface area contributed by atoms with Gasteiger partial charge in [-0.2, -0.15) is 0 Å². The maximum atomic E-state index is 10.6. The summed E-state index contributed by atoms with van der Waals surface area (Å²) < 4.78 is 0. The van der Waals surface area contributed by atoms with Crippen LogP contribution in [-0.4, -0.2) is 24.7 Å². The number of hydrazine groups is 1. The summed E-state index contributed by atoms with van der Waals surface area (Å²) in [5.41, 5.74) is 1.94. The molecule has 0 heterocycles. The number of carbonyl (C=O) groups excluding carboxylic acids is 2. The van der Waals surface area contributed by atoms with Crippen LogP contribution in [0, 0.1) is 0 Å². The van der Waals surface area contributed by atoms with E-state index in [1.807, 2.05) is 5.43 Å². The van der Waals surface area contributed by atoms with E-state index in [4.69, 9.17) is 5.84 Å². The highest BCUT2D eigenvalue weighted by Crippen LogP contribution is 1.77. The van der Waals surface area contributed by atoms with Crippen molar-refractivity contribution in [3.8, 4) is 0 Å². The lowest BCUT2D eigenvalue weighted by Crippen LogP contribution is -2.33. The van der Waals surface area contributed by atoms with E-state index >= 15 is 0 Å². The molecular weight excluding hydrogens is 160 g/mol. The summed E-state index contributed by atoms with van der Waals surface area (Å²) in [4.78, 5) is 24.6. The number of nitrogens with zero attached hydrogens (tertiary/aromatic N) is 1.